The zero-order valence-corrected chi connectivity index (χ0v) is 30.1. The fraction of sp³-hybridized carbons (Fsp3) is 0.0600. The van der Waals surface area contributed by atoms with E-state index in [0.29, 0.717) is 0 Å². The van der Waals surface area contributed by atoms with E-state index in [1.54, 1.807) is 0 Å². The molecule has 1 aliphatic rings. The molecule has 0 atom stereocenters. The summed E-state index contributed by atoms with van der Waals surface area (Å²) in [5, 5.41) is 10.0. The number of hydrogen-bond acceptors (Lipinski definition) is 2. The Kier molecular flexibility index (Phi) is 5.75. The van der Waals surface area contributed by atoms with Gasteiger partial charge in [-0.05, 0) is 108 Å². The maximum atomic E-state index is 5.44. The molecule has 0 fully saturated rings. The Bertz CT molecular complexity index is 3360. The van der Waals surface area contributed by atoms with E-state index < -0.39 is 0 Å². The summed E-state index contributed by atoms with van der Waals surface area (Å²) in [4.78, 5) is 5.44. The summed E-state index contributed by atoms with van der Waals surface area (Å²) < 4.78 is 4.95. The Labute approximate surface area is 310 Å². The molecule has 0 saturated heterocycles. The van der Waals surface area contributed by atoms with Crippen molar-refractivity contribution in [3.63, 3.8) is 0 Å². The highest BCUT2D eigenvalue weighted by Gasteiger charge is 2.35. The molecule has 0 spiro atoms. The van der Waals surface area contributed by atoms with Crippen LogP contribution >= 0.6 is 11.3 Å². The van der Waals surface area contributed by atoms with Crippen LogP contribution in [0.3, 0.4) is 0 Å². The zero-order valence-electron chi connectivity index (χ0n) is 29.3. The molecule has 11 aromatic rings. The van der Waals surface area contributed by atoms with Gasteiger partial charge in [0.15, 0.2) is 5.65 Å². The number of thiophene rings is 1. The number of imidazole rings is 1. The molecule has 1 aliphatic carbocycles. The quantitative estimate of drug-likeness (QED) is 0.165. The normalized spacial score (nSPS) is 13.6. The number of hydrogen-bond donors (Lipinski definition) is 0. The SMILES string of the molecule is CC1(C)c2ccccc2-c2cc(-c3ccc(-c4cc5c6ccc7ccccc7c6sc5c5nc6cc7cc8ccccc8cc7cc6n45)cc3)ccc21. The first-order valence-electron chi connectivity index (χ1n) is 18.4. The van der Waals surface area contributed by atoms with Gasteiger partial charge in [0, 0.05) is 20.9 Å². The minimum Gasteiger partial charge on any atom is -0.291 e. The van der Waals surface area contributed by atoms with Crippen LogP contribution in [0.15, 0.2) is 158 Å². The highest BCUT2D eigenvalue weighted by atomic mass is 32.1. The Balaban J connectivity index is 1.09. The van der Waals surface area contributed by atoms with Gasteiger partial charge in [-0.15, -0.1) is 11.3 Å². The fourth-order valence-corrected chi connectivity index (χ4v) is 10.5. The van der Waals surface area contributed by atoms with Crippen LogP contribution in [-0.2, 0) is 5.41 Å². The minimum atomic E-state index is 0.00242. The van der Waals surface area contributed by atoms with E-state index in [1.807, 2.05) is 11.3 Å². The van der Waals surface area contributed by atoms with Crippen molar-refractivity contribution in [2.75, 3.05) is 0 Å². The second-order valence-electron chi connectivity index (χ2n) is 15.2. The zero-order chi connectivity index (χ0) is 35.0. The molecule has 3 heterocycles. The van der Waals surface area contributed by atoms with Crippen molar-refractivity contribution in [3.8, 4) is 33.5 Å². The van der Waals surface area contributed by atoms with E-state index in [4.69, 9.17) is 4.98 Å². The molecule has 12 rings (SSSR count). The number of aromatic nitrogens is 2. The molecule has 248 valence electrons. The van der Waals surface area contributed by atoms with Crippen LogP contribution in [0.1, 0.15) is 25.0 Å². The molecule has 53 heavy (non-hydrogen) atoms. The Morgan fingerprint density at radius 2 is 1.15 bits per heavy atom. The molecule has 8 aromatic carbocycles. The predicted molar refractivity (Wildman–Crippen MR) is 227 cm³/mol. The first-order chi connectivity index (χ1) is 26.0. The van der Waals surface area contributed by atoms with Crippen LogP contribution in [0.2, 0.25) is 0 Å². The van der Waals surface area contributed by atoms with Gasteiger partial charge >= 0.3 is 0 Å². The van der Waals surface area contributed by atoms with Crippen LogP contribution < -0.4 is 0 Å². The predicted octanol–water partition coefficient (Wildman–Crippen LogP) is 14.0. The van der Waals surface area contributed by atoms with Crippen molar-refractivity contribution >= 4 is 80.5 Å². The average molecular weight is 693 g/mol. The molecule has 0 radical (unpaired) electrons. The van der Waals surface area contributed by atoms with E-state index >= 15 is 0 Å². The molecular weight excluding hydrogens is 661 g/mol. The van der Waals surface area contributed by atoms with E-state index in [9.17, 15) is 0 Å². The second-order valence-corrected chi connectivity index (χ2v) is 16.2. The summed E-state index contributed by atoms with van der Waals surface area (Å²) in [6, 6.07) is 58.6. The summed E-state index contributed by atoms with van der Waals surface area (Å²) in [5.74, 6) is 0. The number of nitrogens with zero attached hydrogens (tertiary/aromatic N) is 2. The van der Waals surface area contributed by atoms with Gasteiger partial charge in [-0.25, -0.2) is 4.98 Å². The maximum absolute atomic E-state index is 5.44. The van der Waals surface area contributed by atoms with Crippen molar-refractivity contribution in [2.45, 2.75) is 19.3 Å². The van der Waals surface area contributed by atoms with Crippen molar-refractivity contribution in [3.05, 3.63) is 169 Å². The van der Waals surface area contributed by atoms with Gasteiger partial charge in [0.05, 0.1) is 21.4 Å². The largest absolute Gasteiger partial charge is 0.291 e. The summed E-state index contributed by atoms with van der Waals surface area (Å²) in [7, 11) is 0. The smallest absolute Gasteiger partial charge is 0.156 e. The topological polar surface area (TPSA) is 17.3 Å². The number of fused-ring (bicyclic) bond motifs is 14. The van der Waals surface area contributed by atoms with Gasteiger partial charge in [-0.3, -0.25) is 4.40 Å². The molecule has 0 unspecified atom stereocenters. The standard InChI is InChI=1S/C50H32N2S/c1-50(2)42-14-8-7-13-38(42)40-25-34(20-22-43(40)50)29-15-17-31(18-16-29)45-28-41-39-21-19-30-9-5-6-12-37(30)47(39)53-48(41)49-51-44-26-35-23-32-10-3-4-11-33(32)24-36(35)27-46(44)52(45)49/h3-28H,1-2H3. The van der Waals surface area contributed by atoms with Gasteiger partial charge in [-0.1, -0.05) is 135 Å². The molecule has 0 amide bonds. The molecule has 3 aromatic heterocycles. The summed E-state index contributed by atoms with van der Waals surface area (Å²) >= 11 is 1.87. The van der Waals surface area contributed by atoms with Crippen molar-refractivity contribution in [2.24, 2.45) is 0 Å². The molecule has 0 N–H and O–H groups in total. The van der Waals surface area contributed by atoms with E-state index in [0.717, 1.165) is 22.4 Å². The Morgan fingerprint density at radius 3 is 1.98 bits per heavy atom. The maximum Gasteiger partial charge on any atom is 0.156 e. The lowest BCUT2D eigenvalue weighted by Crippen LogP contribution is -2.14. The summed E-state index contributed by atoms with van der Waals surface area (Å²) in [6.45, 7) is 4.68. The van der Waals surface area contributed by atoms with Crippen LogP contribution in [0, 0.1) is 0 Å². The lowest BCUT2D eigenvalue weighted by molar-refractivity contribution is 0.660. The van der Waals surface area contributed by atoms with E-state index in [-0.39, 0.29) is 5.41 Å². The summed E-state index contributed by atoms with van der Waals surface area (Å²) in [6.07, 6.45) is 0. The van der Waals surface area contributed by atoms with E-state index in [2.05, 4.69) is 176 Å². The Hall–Kier alpha value is -6.29. The first kappa shape index (κ1) is 29.3. The van der Waals surface area contributed by atoms with Crippen LogP contribution in [0.5, 0.6) is 0 Å². The average Bonchev–Trinajstić information content (AvgIpc) is 3.83. The number of benzene rings is 8. The molecule has 0 saturated carbocycles. The van der Waals surface area contributed by atoms with Gasteiger partial charge in [-0.2, -0.15) is 0 Å². The van der Waals surface area contributed by atoms with E-state index in [1.165, 1.54) is 91.4 Å². The van der Waals surface area contributed by atoms with Crippen molar-refractivity contribution in [1.82, 2.24) is 9.38 Å². The molecule has 3 heteroatoms. The van der Waals surface area contributed by atoms with Crippen LogP contribution in [-0.4, -0.2) is 9.38 Å². The molecule has 0 aliphatic heterocycles. The first-order valence-corrected chi connectivity index (χ1v) is 19.2. The lowest BCUT2D eigenvalue weighted by Gasteiger charge is -2.21. The third-order valence-corrected chi connectivity index (χ3v) is 13.2. The minimum absolute atomic E-state index is 0.00242. The second kappa shape index (κ2) is 10.4. The molecular formula is C50H32N2S. The highest BCUT2D eigenvalue weighted by molar-refractivity contribution is 7.27. The molecule has 2 nitrogen and oxygen atoms in total. The van der Waals surface area contributed by atoms with Crippen molar-refractivity contribution in [1.29, 1.82) is 0 Å². The van der Waals surface area contributed by atoms with Gasteiger partial charge < -0.3 is 0 Å². The summed E-state index contributed by atoms with van der Waals surface area (Å²) in [5.41, 5.74) is 13.5. The molecule has 0 bridgehead atoms. The lowest BCUT2D eigenvalue weighted by atomic mass is 9.82. The van der Waals surface area contributed by atoms with Crippen LogP contribution in [0.25, 0.3) is 103 Å². The highest BCUT2D eigenvalue weighted by Crippen LogP contribution is 2.50. The fourth-order valence-electron chi connectivity index (χ4n) is 9.21. The number of pyridine rings is 1. The third-order valence-electron chi connectivity index (χ3n) is 11.9. The van der Waals surface area contributed by atoms with Crippen LogP contribution in [0.4, 0.5) is 0 Å². The Morgan fingerprint density at radius 1 is 0.472 bits per heavy atom. The third kappa shape index (κ3) is 4.06. The van der Waals surface area contributed by atoms with Gasteiger partial charge in [0.25, 0.3) is 0 Å². The van der Waals surface area contributed by atoms with Crippen molar-refractivity contribution < 1.29 is 0 Å². The number of rotatable bonds is 2. The van der Waals surface area contributed by atoms with Gasteiger partial charge in [0.2, 0.25) is 0 Å². The monoisotopic (exact) mass is 692 g/mol. The van der Waals surface area contributed by atoms with Gasteiger partial charge in [0.1, 0.15) is 0 Å².